The third-order valence-corrected chi connectivity index (χ3v) is 4.73. The van der Waals surface area contributed by atoms with Gasteiger partial charge in [0.2, 0.25) is 0 Å². The molecule has 0 aliphatic carbocycles. The van der Waals surface area contributed by atoms with E-state index in [1.54, 1.807) is 0 Å². The molecule has 2 rings (SSSR count). The van der Waals surface area contributed by atoms with Crippen molar-refractivity contribution in [2.75, 3.05) is 40.8 Å². The molecule has 0 aromatic heterocycles. The Kier molecular flexibility index (Phi) is 5.07. The van der Waals surface area contributed by atoms with Crippen LogP contribution in [0.25, 0.3) is 0 Å². The van der Waals surface area contributed by atoms with E-state index in [1.165, 1.54) is 11.1 Å². The van der Waals surface area contributed by atoms with Gasteiger partial charge in [-0.25, -0.2) is 0 Å². The summed E-state index contributed by atoms with van der Waals surface area (Å²) in [7, 11) is 6.53. The van der Waals surface area contributed by atoms with Gasteiger partial charge in [-0.2, -0.15) is 0 Å². The number of likely N-dealkylation sites (N-methyl/N-ethyl adjacent to an activating group) is 3. The van der Waals surface area contributed by atoms with Gasteiger partial charge in [0.1, 0.15) is 0 Å². The van der Waals surface area contributed by atoms with Crippen molar-refractivity contribution in [1.82, 2.24) is 15.1 Å². The van der Waals surface area contributed by atoms with E-state index in [4.69, 9.17) is 0 Å². The number of rotatable bonds is 3. The highest BCUT2D eigenvalue weighted by Crippen LogP contribution is 2.27. The molecule has 3 heteroatoms. The molecule has 1 heterocycles. The Balaban J connectivity index is 2.20. The van der Waals surface area contributed by atoms with Gasteiger partial charge < -0.3 is 10.2 Å². The van der Waals surface area contributed by atoms with E-state index in [-0.39, 0.29) is 5.41 Å². The molecular weight excluding hydrogens is 258 g/mol. The second-order valence-corrected chi connectivity index (χ2v) is 7.45. The van der Waals surface area contributed by atoms with E-state index in [0.717, 1.165) is 19.6 Å². The van der Waals surface area contributed by atoms with E-state index in [1.807, 2.05) is 0 Å². The van der Waals surface area contributed by atoms with Crippen LogP contribution in [-0.2, 0) is 5.41 Å². The first kappa shape index (κ1) is 16.5. The Bertz CT molecular complexity index is 447. The van der Waals surface area contributed by atoms with Crippen LogP contribution in [0.3, 0.4) is 0 Å². The second kappa shape index (κ2) is 6.47. The van der Waals surface area contributed by atoms with Gasteiger partial charge >= 0.3 is 0 Å². The normalized spacial score (nSPS) is 23.2. The van der Waals surface area contributed by atoms with Gasteiger partial charge in [-0.15, -0.1) is 0 Å². The van der Waals surface area contributed by atoms with Gasteiger partial charge in [-0.3, -0.25) is 4.90 Å². The summed E-state index contributed by atoms with van der Waals surface area (Å²) in [6.07, 6.45) is 0. The fraction of sp³-hybridized carbons (Fsp3) is 0.667. The van der Waals surface area contributed by atoms with Gasteiger partial charge in [0.25, 0.3) is 0 Å². The minimum absolute atomic E-state index is 0.218. The maximum Gasteiger partial charge on any atom is 0.0488 e. The Morgan fingerprint density at radius 2 is 1.71 bits per heavy atom. The zero-order valence-electron chi connectivity index (χ0n) is 14.5. The molecule has 1 aromatic rings. The van der Waals surface area contributed by atoms with E-state index in [0.29, 0.717) is 12.1 Å². The Labute approximate surface area is 130 Å². The molecule has 0 radical (unpaired) electrons. The number of benzene rings is 1. The molecule has 0 amide bonds. The highest BCUT2D eigenvalue weighted by Gasteiger charge is 2.30. The summed E-state index contributed by atoms with van der Waals surface area (Å²) in [5.74, 6) is 0. The van der Waals surface area contributed by atoms with Crippen molar-refractivity contribution in [3.8, 4) is 0 Å². The number of nitrogens with zero attached hydrogens (tertiary/aromatic N) is 2. The summed E-state index contributed by atoms with van der Waals surface area (Å²) < 4.78 is 0. The summed E-state index contributed by atoms with van der Waals surface area (Å²) in [6, 6.07) is 10.1. The molecule has 1 N–H and O–H groups in total. The van der Waals surface area contributed by atoms with Crippen molar-refractivity contribution in [2.45, 2.75) is 38.3 Å². The Morgan fingerprint density at radius 3 is 2.24 bits per heavy atom. The first-order chi connectivity index (χ1) is 9.82. The SMILES string of the molecule is CNC(c1ccc(C(C)(C)C)cc1)C1CN(C)CCN1C. The molecule has 1 aliphatic heterocycles. The van der Waals surface area contributed by atoms with Crippen LogP contribution in [0, 0.1) is 0 Å². The lowest BCUT2D eigenvalue weighted by molar-refractivity contribution is 0.0897. The van der Waals surface area contributed by atoms with Crippen molar-refractivity contribution < 1.29 is 0 Å². The number of nitrogens with one attached hydrogen (secondary N) is 1. The first-order valence-electron chi connectivity index (χ1n) is 7.99. The first-order valence-corrected chi connectivity index (χ1v) is 7.99. The summed E-state index contributed by atoms with van der Waals surface area (Å²) in [5.41, 5.74) is 3.00. The second-order valence-electron chi connectivity index (χ2n) is 7.45. The topological polar surface area (TPSA) is 18.5 Å². The van der Waals surface area contributed by atoms with E-state index in [2.05, 4.69) is 81.3 Å². The molecule has 1 fully saturated rings. The predicted octanol–water partition coefficient (Wildman–Crippen LogP) is 2.49. The average Bonchev–Trinajstić information content (AvgIpc) is 2.43. The zero-order chi connectivity index (χ0) is 15.6. The van der Waals surface area contributed by atoms with Gasteiger partial charge in [0.05, 0.1) is 0 Å². The number of piperazine rings is 1. The lowest BCUT2D eigenvalue weighted by Crippen LogP contribution is -2.54. The molecule has 2 atom stereocenters. The summed E-state index contributed by atoms with van der Waals surface area (Å²) in [5, 5.41) is 3.53. The van der Waals surface area contributed by atoms with Crippen LogP contribution in [0.2, 0.25) is 0 Å². The monoisotopic (exact) mass is 289 g/mol. The van der Waals surface area contributed by atoms with Crippen LogP contribution in [0.5, 0.6) is 0 Å². The maximum absolute atomic E-state index is 3.53. The van der Waals surface area contributed by atoms with Gasteiger partial charge in [0.15, 0.2) is 0 Å². The quantitative estimate of drug-likeness (QED) is 0.922. The third kappa shape index (κ3) is 3.85. The van der Waals surface area contributed by atoms with Crippen molar-refractivity contribution >= 4 is 0 Å². The molecule has 0 saturated carbocycles. The highest BCUT2D eigenvalue weighted by molar-refractivity contribution is 5.30. The molecule has 0 bridgehead atoms. The summed E-state index contributed by atoms with van der Waals surface area (Å²) in [6.45, 7) is 10.2. The lowest BCUT2D eigenvalue weighted by Gasteiger charge is -2.42. The van der Waals surface area contributed by atoms with Crippen LogP contribution >= 0.6 is 0 Å². The smallest absolute Gasteiger partial charge is 0.0488 e. The fourth-order valence-corrected chi connectivity index (χ4v) is 3.18. The van der Waals surface area contributed by atoms with E-state index >= 15 is 0 Å². The molecule has 21 heavy (non-hydrogen) atoms. The molecule has 1 aromatic carbocycles. The average molecular weight is 289 g/mol. The molecule has 2 unspecified atom stereocenters. The van der Waals surface area contributed by atoms with Gasteiger partial charge in [-0.1, -0.05) is 45.0 Å². The number of hydrogen-bond donors (Lipinski definition) is 1. The maximum atomic E-state index is 3.53. The van der Waals surface area contributed by atoms with Gasteiger partial charge in [0, 0.05) is 31.7 Å². The third-order valence-electron chi connectivity index (χ3n) is 4.73. The van der Waals surface area contributed by atoms with Crippen LogP contribution in [0.4, 0.5) is 0 Å². The minimum atomic E-state index is 0.218. The summed E-state index contributed by atoms with van der Waals surface area (Å²) >= 11 is 0. The van der Waals surface area contributed by atoms with Crippen molar-refractivity contribution in [3.05, 3.63) is 35.4 Å². The molecular formula is C18H31N3. The van der Waals surface area contributed by atoms with E-state index in [9.17, 15) is 0 Å². The summed E-state index contributed by atoms with van der Waals surface area (Å²) in [4.78, 5) is 4.91. The predicted molar refractivity (Wildman–Crippen MR) is 90.9 cm³/mol. The van der Waals surface area contributed by atoms with Crippen LogP contribution < -0.4 is 5.32 Å². The zero-order valence-corrected chi connectivity index (χ0v) is 14.5. The molecule has 0 spiro atoms. The van der Waals surface area contributed by atoms with Crippen LogP contribution in [0.1, 0.15) is 37.9 Å². The number of hydrogen-bond acceptors (Lipinski definition) is 3. The fourth-order valence-electron chi connectivity index (χ4n) is 3.18. The van der Waals surface area contributed by atoms with Crippen molar-refractivity contribution in [1.29, 1.82) is 0 Å². The standard InChI is InChI=1S/C18H31N3/c1-18(2,3)15-9-7-14(8-10-15)17(19-4)16-13-20(5)11-12-21(16)6/h7-10,16-17,19H,11-13H2,1-6H3. The van der Waals surface area contributed by atoms with Crippen molar-refractivity contribution in [3.63, 3.8) is 0 Å². The minimum Gasteiger partial charge on any atom is -0.312 e. The molecule has 1 saturated heterocycles. The molecule has 3 nitrogen and oxygen atoms in total. The molecule has 118 valence electrons. The largest absolute Gasteiger partial charge is 0.312 e. The highest BCUT2D eigenvalue weighted by atomic mass is 15.3. The van der Waals surface area contributed by atoms with Crippen LogP contribution in [0.15, 0.2) is 24.3 Å². The van der Waals surface area contributed by atoms with Crippen molar-refractivity contribution in [2.24, 2.45) is 0 Å². The Hall–Kier alpha value is -0.900. The van der Waals surface area contributed by atoms with Crippen LogP contribution in [-0.4, -0.2) is 56.6 Å². The van der Waals surface area contributed by atoms with E-state index < -0.39 is 0 Å². The lowest BCUT2D eigenvalue weighted by atomic mass is 9.85. The Morgan fingerprint density at radius 1 is 1.10 bits per heavy atom. The molecule has 1 aliphatic rings. The van der Waals surface area contributed by atoms with Gasteiger partial charge in [-0.05, 0) is 37.7 Å².